The number of aromatic amines is 1. The van der Waals surface area contributed by atoms with E-state index in [-0.39, 0.29) is 30.3 Å². The van der Waals surface area contributed by atoms with Crippen molar-refractivity contribution in [3.63, 3.8) is 0 Å². The van der Waals surface area contributed by atoms with Gasteiger partial charge in [0.1, 0.15) is 5.65 Å². The maximum Gasteiger partial charge on any atom is 0.253 e. The molecule has 2 N–H and O–H groups in total. The van der Waals surface area contributed by atoms with Crippen LogP contribution in [0.15, 0.2) is 23.0 Å². The molecule has 0 atom stereocenters. The van der Waals surface area contributed by atoms with Crippen LogP contribution in [0.4, 0.5) is 5.69 Å². The maximum absolute atomic E-state index is 12.6. The number of pyridine rings is 1. The molecule has 2 heterocycles. The van der Waals surface area contributed by atoms with E-state index in [1.165, 1.54) is 4.90 Å². The Morgan fingerprint density at radius 3 is 2.45 bits per heavy atom. The number of nitrogens with zero attached hydrogens (tertiary/aromatic N) is 3. The van der Waals surface area contributed by atoms with Crippen LogP contribution < -0.4 is 10.9 Å². The van der Waals surface area contributed by atoms with E-state index < -0.39 is 0 Å². The van der Waals surface area contributed by atoms with E-state index in [0.29, 0.717) is 17.6 Å². The molecule has 0 unspecified atom stereocenters. The molecule has 0 fully saturated rings. The fraction of sp³-hybridized carbons (Fsp3) is 0.391. The SMILES string of the molecule is Cc1cccc(C)c1NC(=O)CN(C)C(=O)CCc1c(C)c2c(C)nn(C)c2[nH]c1=O. The Balaban J connectivity index is 1.66. The van der Waals surface area contributed by atoms with Crippen molar-refractivity contribution in [2.24, 2.45) is 7.05 Å². The van der Waals surface area contributed by atoms with Gasteiger partial charge in [-0.1, -0.05) is 18.2 Å². The smallest absolute Gasteiger partial charge is 0.253 e. The fourth-order valence-electron chi connectivity index (χ4n) is 3.97. The number of hydrogen-bond donors (Lipinski definition) is 2. The lowest BCUT2D eigenvalue weighted by Gasteiger charge is -2.18. The predicted molar refractivity (Wildman–Crippen MR) is 121 cm³/mol. The number of anilines is 1. The number of carbonyl (C=O) groups is 2. The summed E-state index contributed by atoms with van der Waals surface area (Å²) in [5.41, 5.74) is 5.43. The Bertz CT molecular complexity index is 1200. The summed E-state index contributed by atoms with van der Waals surface area (Å²) in [7, 11) is 3.38. The van der Waals surface area contributed by atoms with Crippen molar-refractivity contribution >= 4 is 28.5 Å². The van der Waals surface area contributed by atoms with Gasteiger partial charge in [-0.05, 0) is 50.8 Å². The maximum atomic E-state index is 12.6. The Labute approximate surface area is 181 Å². The van der Waals surface area contributed by atoms with Gasteiger partial charge in [-0.3, -0.25) is 19.1 Å². The molecule has 164 valence electrons. The molecule has 0 aliphatic rings. The molecule has 3 aromatic rings. The third kappa shape index (κ3) is 4.52. The number of rotatable bonds is 6. The van der Waals surface area contributed by atoms with E-state index in [1.807, 2.05) is 45.9 Å². The zero-order valence-electron chi connectivity index (χ0n) is 18.9. The van der Waals surface area contributed by atoms with Crippen LogP contribution in [-0.4, -0.2) is 45.1 Å². The summed E-state index contributed by atoms with van der Waals surface area (Å²) in [6, 6.07) is 5.79. The lowest BCUT2D eigenvalue weighted by molar-refractivity contribution is -0.133. The van der Waals surface area contributed by atoms with Crippen LogP contribution in [0.25, 0.3) is 11.0 Å². The molecular weight excluding hydrogens is 394 g/mol. The first-order valence-electron chi connectivity index (χ1n) is 10.2. The van der Waals surface area contributed by atoms with E-state index in [4.69, 9.17) is 0 Å². The first-order valence-corrected chi connectivity index (χ1v) is 10.2. The molecule has 0 spiro atoms. The molecule has 1 aromatic carbocycles. The first kappa shape index (κ1) is 22.3. The Kier molecular flexibility index (Phi) is 6.29. The van der Waals surface area contributed by atoms with Crippen molar-refractivity contribution in [1.29, 1.82) is 0 Å². The van der Waals surface area contributed by atoms with Crippen LogP contribution in [0.1, 0.15) is 34.4 Å². The summed E-state index contributed by atoms with van der Waals surface area (Å²) in [6.45, 7) is 7.58. The van der Waals surface area contributed by atoms with Gasteiger partial charge in [0.05, 0.1) is 12.2 Å². The summed E-state index contributed by atoms with van der Waals surface area (Å²) in [4.78, 5) is 41.9. The van der Waals surface area contributed by atoms with Crippen LogP contribution >= 0.6 is 0 Å². The van der Waals surface area contributed by atoms with Gasteiger partial charge in [0.25, 0.3) is 5.56 Å². The van der Waals surface area contributed by atoms with Crippen molar-refractivity contribution in [2.45, 2.75) is 40.5 Å². The number of aromatic nitrogens is 3. The molecule has 8 nitrogen and oxygen atoms in total. The number of nitrogens with one attached hydrogen (secondary N) is 2. The molecule has 2 amide bonds. The van der Waals surface area contributed by atoms with Gasteiger partial charge in [-0.2, -0.15) is 5.10 Å². The molecule has 8 heteroatoms. The third-order valence-electron chi connectivity index (χ3n) is 5.70. The highest BCUT2D eigenvalue weighted by Crippen LogP contribution is 2.22. The standard InChI is InChI=1S/C23H29N5O3/c1-13-8-7-9-14(2)21(13)24-18(29)12-27(5)19(30)11-10-17-15(3)20-16(4)26-28(6)22(20)25-23(17)31/h7-9H,10-12H2,1-6H3,(H,24,29)(H,25,31). The second-order valence-corrected chi connectivity index (χ2v) is 8.06. The summed E-state index contributed by atoms with van der Waals surface area (Å²) >= 11 is 0. The molecule has 0 bridgehead atoms. The molecule has 3 rings (SSSR count). The summed E-state index contributed by atoms with van der Waals surface area (Å²) in [6.07, 6.45) is 0.440. The second-order valence-electron chi connectivity index (χ2n) is 8.06. The van der Waals surface area contributed by atoms with Gasteiger partial charge in [0, 0.05) is 37.2 Å². The topological polar surface area (TPSA) is 100 Å². The fourth-order valence-corrected chi connectivity index (χ4v) is 3.97. The number of benzene rings is 1. The van der Waals surface area contributed by atoms with E-state index >= 15 is 0 Å². The van der Waals surface area contributed by atoms with Crippen LogP contribution in [0.5, 0.6) is 0 Å². The van der Waals surface area contributed by atoms with Gasteiger partial charge in [0.2, 0.25) is 11.8 Å². The highest BCUT2D eigenvalue weighted by molar-refractivity contribution is 5.95. The Hall–Kier alpha value is -3.42. The largest absolute Gasteiger partial charge is 0.336 e. The molecular formula is C23H29N5O3. The van der Waals surface area contributed by atoms with Crippen LogP contribution in [0, 0.1) is 27.7 Å². The zero-order valence-corrected chi connectivity index (χ0v) is 18.9. The molecule has 2 aromatic heterocycles. The number of hydrogen-bond acceptors (Lipinski definition) is 4. The lowest BCUT2D eigenvalue weighted by Crippen LogP contribution is -2.35. The molecule has 31 heavy (non-hydrogen) atoms. The summed E-state index contributed by atoms with van der Waals surface area (Å²) < 4.78 is 1.65. The van der Waals surface area contributed by atoms with Gasteiger partial charge in [-0.25, -0.2) is 0 Å². The summed E-state index contributed by atoms with van der Waals surface area (Å²) in [5, 5.41) is 8.16. The minimum absolute atomic E-state index is 0.0529. The summed E-state index contributed by atoms with van der Waals surface area (Å²) in [5.74, 6) is -0.451. The van der Waals surface area contributed by atoms with E-state index in [0.717, 1.165) is 33.5 Å². The minimum Gasteiger partial charge on any atom is -0.336 e. The highest BCUT2D eigenvalue weighted by Gasteiger charge is 2.18. The van der Waals surface area contributed by atoms with Gasteiger partial charge >= 0.3 is 0 Å². The minimum atomic E-state index is -0.255. The number of amides is 2. The van der Waals surface area contributed by atoms with E-state index in [2.05, 4.69) is 15.4 Å². The van der Waals surface area contributed by atoms with Crippen molar-refractivity contribution in [2.75, 3.05) is 18.9 Å². The van der Waals surface area contributed by atoms with Crippen LogP contribution in [0.2, 0.25) is 0 Å². The average molecular weight is 424 g/mol. The van der Waals surface area contributed by atoms with Crippen molar-refractivity contribution in [1.82, 2.24) is 19.7 Å². The molecule has 0 aliphatic heterocycles. The average Bonchev–Trinajstić information content (AvgIpc) is 2.97. The van der Waals surface area contributed by atoms with E-state index in [1.54, 1.807) is 18.8 Å². The van der Waals surface area contributed by atoms with Crippen molar-refractivity contribution in [3.8, 4) is 0 Å². The van der Waals surface area contributed by atoms with E-state index in [9.17, 15) is 14.4 Å². The predicted octanol–water partition coefficient (Wildman–Crippen LogP) is 2.52. The normalized spacial score (nSPS) is 11.0. The Morgan fingerprint density at radius 1 is 1.16 bits per heavy atom. The Morgan fingerprint density at radius 2 is 1.81 bits per heavy atom. The monoisotopic (exact) mass is 423 g/mol. The first-order chi connectivity index (χ1) is 14.6. The molecule has 0 aliphatic carbocycles. The zero-order chi connectivity index (χ0) is 22.9. The van der Waals surface area contributed by atoms with Gasteiger partial charge < -0.3 is 15.2 Å². The molecule has 0 radical (unpaired) electrons. The number of carbonyl (C=O) groups excluding carboxylic acids is 2. The second kappa shape index (κ2) is 8.75. The number of fused-ring (bicyclic) bond motifs is 1. The number of H-pyrrole nitrogens is 1. The van der Waals surface area contributed by atoms with Crippen LogP contribution in [-0.2, 0) is 23.1 Å². The number of para-hydroxylation sites is 1. The van der Waals surface area contributed by atoms with Crippen molar-refractivity contribution < 1.29 is 9.59 Å². The number of aryl methyl sites for hydroxylation is 5. The molecule has 0 saturated heterocycles. The molecule has 0 saturated carbocycles. The number of likely N-dealkylation sites (N-methyl/N-ethyl adjacent to an activating group) is 1. The quantitative estimate of drug-likeness (QED) is 0.636. The third-order valence-corrected chi connectivity index (χ3v) is 5.70. The van der Waals surface area contributed by atoms with Crippen LogP contribution in [0.3, 0.4) is 0 Å². The van der Waals surface area contributed by atoms with Gasteiger partial charge in [0.15, 0.2) is 0 Å². The highest BCUT2D eigenvalue weighted by atomic mass is 16.2. The lowest BCUT2D eigenvalue weighted by atomic mass is 10.0. The van der Waals surface area contributed by atoms with Crippen molar-refractivity contribution in [3.05, 3.63) is 56.5 Å². The van der Waals surface area contributed by atoms with Gasteiger partial charge in [-0.15, -0.1) is 0 Å².